The summed E-state index contributed by atoms with van der Waals surface area (Å²) in [6.07, 6.45) is 6.90. The minimum absolute atomic E-state index is 0.231. The van der Waals surface area contributed by atoms with Crippen molar-refractivity contribution < 1.29 is 4.74 Å². The first-order valence-corrected chi connectivity index (χ1v) is 8.07. The number of halogens is 1. The van der Waals surface area contributed by atoms with Crippen molar-refractivity contribution in [3.05, 3.63) is 58.6 Å². The number of ether oxygens (including phenoxy) is 1. The van der Waals surface area contributed by atoms with Crippen LogP contribution in [-0.4, -0.2) is 21.6 Å². The van der Waals surface area contributed by atoms with E-state index in [9.17, 15) is 0 Å². The Labute approximate surface area is 137 Å². The number of alkyl halides is 1. The summed E-state index contributed by atoms with van der Waals surface area (Å²) in [7, 11) is 1.76. The molecule has 108 valence electrons. The van der Waals surface area contributed by atoms with Crippen LogP contribution >= 0.6 is 22.6 Å². The summed E-state index contributed by atoms with van der Waals surface area (Å²) >= 11 is 2.43. The first-order valence-electron chi connectivity index (χ1n) is 6.83. The minimum Gasteiger partial charge on any atom is -0.383 e. The monoisotopic (exact) mass is 392 g/mol. The Morgan fingerprint density at radius 2 is 2.05 bits per heavy atom. The Hall–Kier alpha value is -1.40. The van der Waals surface area contributed by atoms with Crippen LogP contribution in [0, 0.1) is 0 Å². The Morgan fingerprint density at radius 3 is 2.76 bits per heavy atom. The first-order chi connectivity index (χ1) is 10.1. The third kappa shape index (κ3) is 2.70. The largest absolute Gasteiger partial charge is 0.383 e. The average Bonchev–Trinajstić information content (AvgIpc) is 2.50. The number of hydrogen-bond acceptors (Lipinski definition) is 3. The van der Waals surface area contributed by atoms with Crippen LogP contribution in [0.2, 0.25) is 0 Å². The molecule has 1 heterocycles. The van der Waals surface area contributed by atoms with Gasteiger partial charge in [0.2, 0.25) is 0 Å². The van der Waals surface area contributed by atoms with Gasteiger partial charge in [-0.2, -0.15) is 0 Å². The fourth-order valence-corrected chi connectivity index (χ4v) is 3.78. The van der Waals surface area contributed by atoms with Crippen LogP contribution in [0.1, 0.15) is 5.56 Å². The lowest BCUT2D eigenvalue weighted by atomic mass is 9.86. The highest BCUT2D eigenvalue weighted by Crippen LogP contribution is 2.31. The van der Waals surface area contributed by atoms with E-state index in [1.54, 1.807) is 13.3 Å². The lowest BCUT2D eigenvalue weighted by Crippen LogP contribution is -2.48. The van der Waals surface area contributed by atoms with Gasteiger partial charge in [-0.1, -0.05) is 59.0 Å². The van der Waals surface area contributed by atoms with Crippen molar-refractivity contribution in [2.45, 2.75) is 15.9 Å². The molecule has 0 saturated heterocycles. The Morgan fingerprint density at radius 1 is 1.29 bits per heavy atom. The van der Waals surface area contributed by atoms with Gasteiger partial charge in [-0.25, -0.2) is 4.98 Å². The van der Waals surface area contributed by atoms with E-state index in [0.717, 1.165) is 16.9 Å². The molecule has 0 spiro atoms. The standard InChI is InChI=1S/C17H17IN2O/c1-21-17(10-12-5-3-2-4-6-12)11-14-13(9-15(17)18)7-8-20-16(14)19/h2-9,11,15H,10H2,1H3,(H2,19,20). The van der Waals surface area contributed by atoms with Gasteiger partial charge in [0.1, 0.15) is 11.4 Å². The van der Waals surface area contributed by atoms with Crippen LogP contribution in [-0.2, 0) is 11.2 Å². The zero-order valence-electron chi connectivity index (χ0n) is 11.8. The van der Waals surface area contributed by atoms with Crippen LogP contribution < -0.4 is 16.2 Å². The van der Waals surface area contributed by atoms with Crippen LogP contribution in [0.3, 0.4) is 0 Å². The van der Waals surface area contributed by atoms with Gasteiger partial charge in [0.05, 0.1) is 3.92 Å². The molecule has 0 bridgehead atoms. The second-order valence-corrected chi connectivity index (χ2v) is 6.58. The van der Waals surface area contributed by atoms with Gasteiger partial charge in [-0.3, -0.25) is 0 Å². The van der Waals surface area contributed by atoms with Crippen molar-refractivity contribution in [1.82, 2.24) is 4.98 Å². The molecule has 2 N–H and O–H groups in total. The second kappa shape index (κ2) is 5.77. The molecule has 1 aliphatic rings. The summed E-state index contributed by atoms with van der Waals surface area (Å²) in [4.78, 5) is 4.19. The van der Waals surface area contributed by atoms with Gasteiger partial charge in [0, 0.05) is 24.9 Å². The average molecular weight is 392 g/mol. The highest BCUT2D eigenvalue weighted by atomic mass is 127. The predicted octanol–water partition coefficient (Wildman–Crippen LogP) is 1.67. The number of aromatic nitrogens is 1. The number of benzene rings is 1. The zero-order valence-corrected chi connectivity index (χ0v) is 13.9. The summed E-state index contributed by atoms with van der Waals surface area (Å²) in [6, 6.07) is 12.4. The Kier molecular flexibility index (Phi) is 3.99. The van der Waals surface area contributed by atoms with Crippen LogP contribution in [0.5, 0.6) is 0 Å². The summed E-state index contributed by atoms with van der Waals surface area (Å²) < 4.78 is 6.16. The molecular formula is C17H17IN2O. The molecule has 0 saturated carbocycles. The molecule has 21 heavy (non-hydrogen) atoms. The van der Waals surface area contributed by atoms with Crippen molar-refractivity contribution in [2.75, 3.05) is 12.8 Å². The Balaban J connectivity index is 2.12. The normalized spacial score (nSPS) is 23.8. The molecule has 1 aliphatic carbocycles. The Bertz CT molecular complexity index is 760. The van der Waals surface area contributed by atoms with Gasteiger partial charge in [-0.15, -0.1) is 0 Å². The molecule has 0 radical (unpaired) electrons. The van der Waals surface area contributed by atoms with Crippen molar-refractivity contribution in [1.29, 1.82) is 0 Å². The van der Waals surface area contributed by atoms with E-state index >= 15 is 0 Å². The molecule has 3 nitrogen and oxygen atoms in total. The summed E-state index contributed by atoms with van der Waals surface area (Å²) in [6.45, 7) is 0. The number of nitrogen functional groups attached to an aromatic ring is 1. The lowest BCUT2D eigenvalue weighted by molar-refractivity contribution is 0.0585. The number of rotatable bonds is 3. The summed E-state index contributed by atoms with van der Waals surface area (Å²) in [5, 5.41) is 2.10. The van der Waals surface area contributed by atoms with Gasteiger partial charge in [-0.05, 0) is 22.9 Å². The van der Waals surface area contributed by atoms with E-state index in [1.807, 2.05) is 12.1 Å². The quantitative estimate of drug-likeness (QED) is 0.639. The molecule has 4 heteroatoms. The molecular weight excluding hydrogens is 375 g/mol. The van der Waals surface area contributed by atoms with E-state index in [1.165, 1.54) is 5.56 Å². The third-order valence-corrected chi connectivity index (χ3v) is 5.35. The summed E-state index contributed by atoms with van der Waals surface area (Å²) in [5.74, 6) is 0.557. The molecule has 3 rings (SSSR count). The van der Waals surface area contributed by atoms with Gasteiger partial charge < -0.3 is 10.5 Å². The number of anilines is 1. The molecule has 2 unspecified atom stereocenters. The maximum Gasteiger partial charge on any atom is 0.130 e. The lowest BCUT2D eigenvalue weighted by Gasteiger charge is -2.35. The molecule has 2 atom stereocenters. The maximum atomic E-state index is 6.04. The zero-order chi connectivity index (χ0) is 14.9. The van der Waals surface area contributed by atoms with E-state index < -0.39 is 5.60 Å². The van der Waals surface area contributed by atoms with Crippen LogP contribution in [0.4, 0.5) is 5.82 Å². The second-order valence-electron chi connectivity index (χ2n) is 5.23. The smallest absolute Gasteiger partial charge is 0.130 e. The van der Waals surface area contributed by atoms with E-state index in [-0.39, 0.29) is 3.92 Å². The van der Waals surface area contributed by atoms with Crippen molar-refractivity contribution in [3.63, 3.8) is 0 Å². The predicted molar refractivity (Wildman–Crippen MR) is 94.5 cm³/mol. The molecule has 1 aromatic heterocycles. The number of fused-ring (bicyclic) bond motifs is 1. The van der Waals surface area contributed by atoms with Gasteiger partial charge in [0.25, 0.3) is 0 Å². The highest BCUT2D eigenvalue weighted by Gasteiger charge is 2.36. The van der Waals surface area contributed by atoms with E-state index in [4.69, 9.17) is 10.5 Å². The topological polar surface area (TPSA) is 48.1 Å². The maximum absolute atomic E-state index is 6.04. The van der Waals surface area contributed by atoms with Crippen LogP contribution in [0.15, 0.2) is 42.6 Å². The first kappa shape index (κ1) is 14.5. The third-order valence-electron chi connectivity index (χ3n) is 3.94. The van der Waals surface area contributed by atoms with Gasteiger partial charge >= 0.3 is 0 Å². The van der Waals surface area contributed by atoms with E-state index in [2.05, 4.69) is 64.0 Å². The van der Waals surface area contributed by atoms with Crippen molar-refractivity contribution >= 4 is 40.6 Å². The fourth-order valence-electron chi connectivity index (χ4n) is 2.74. The van der Waals surface area contributed by atoms with Crippen LogP contribution in [0.25, 0.3) is 12.2 Å². The van der Waals surface area contributed by atoms with Crippen molar-refractivity contribution in [2.24, 2.45) is 0 Å². The minimum atomic E-state index is -0.397. The number of hydrogen-bond donors (Lipinski definition) is 1. The molecule has 1 aromatic carbocycles. The van der Waals surface area contributed by atoms with Gasteiger partial charge in [0.15, 0.2) is 0 Å². The number of pyridine rings is 1. The van der Waals surface area contributed by atoms with E-state index in [0.29, 0.717) is 5.82 Å². The molecule has 0 amide bonds. The summed E-state index contributed by atoms with van der Waals surface area (Å²) in [5.41, 5.74) is 6.89. The number of nitrogens with zero attached hydrogens (tertiary/aromatic N) is 1. The van der Waals surface area contributed by atoms with Crippen molar-refractivity contribution in [3.8, 4) is 0 Å². The molecule has 0 fully saturated rings. The SMILES string of the molecule is COC1(Cc2ccccc2)C=c2c(N)nccc2=CC1I. The number of nitrogens with two attached hydrogens (primary N) is 1. The molecule has 2 aromatic rings. The highest BCUT2D eigenvalue weighted by molar-refractivity contribution is 14.1. The number of methoxy groups -OCH3 is 1. The fraction of sp³-hybridized carbons (Fsp3) is 0.235. The molecule has 0 aliphatic heterocycles.